The molecule has 0 saturated carbocycles. The monoisotopic (exact) mass is 359 g/mol. The molecule has 1 aliphatic rings. The number of pyridine rings is 1. The van der Waals surface area contributed by atoms with E-state index < -0.39 is 0 Å². The third-order valence-electron chi connectivity index (χ3n) is 4.42. The lowest BCUT2D eigenvalue weighted by Crippen LogP contribution is -2.34. The molecule has 1 atom stereocenters. The van der Waals surface area contributed by atoms with Crippen molar-refractivity contribution in [3.8, 4) is 5.75 Å². The number of halogens is 1. The van der Waals surface area contributed by atoms with Gasteiger partial charge >= 0.3 is 0 Å². The van der Waals surface area contributed by atoms with E-state index in [0.717, 1.165) is 25.2 Å². The Labute approximate surface area is 153 Å². The number of ether oxygens (including phenoxy) is 1. The van der Waals surface area contributed by atoms with Gasteiger partial charge in [-0.1, -0.05) is 18.5 Å². The fourth-order valence-corrected chi connectivity index (χ4v) is 3.29. The van der Waals surface area contributed by atoms with E-state index >= 15 is 0 Å². The summed E-state index contributed by atoms with van der Waals surface area (Å²) in [4.78, 5) is 19.2. The van der Waals surface area contributed by atoms with Gasteiger partial charge in [0, 0.05) is 24.3 Å². The van der Waals surface area contributed by atoms with E-state index in [1.54, 1.807) is 31.5 Å². The maximum atomic E-state index is 12.6. The number of methoxy groups -OCH3 is 1. The van der Waals surface area contributed by atoms with E-state index in [1.165, 1.54) is 6.42 Å². The first-order chi connectivity index (χ1) is 12.1. The molecule has 25 heavy (non-hydrogen) atoms. The molecule has 1 aliphatic heterocycles. The van der Waals surface area contributed by atoms with Crippen molar-refractivity contribution < 1.29 is 9.53 Å². The lowest BCUT2D eigenvalue weighted by molar-refractivity contribution is 0.102. The molecule has 1 amide bonds. The summed E-state index contributed by atoms with van der Waals surface area (Å²) in [5.74, 6) is 0.980. The highest BCUT2D eigenvalue weighted by atomic mass is 35.5. The molecule has 0 radical (unpaired) electrons. The normalized spacial score (nSPS) is 17.2. The van der Waals surface area contributed by atoms with Crippen molar-refractivity contribution in [3.05, 3.63) is 47.2 Å². The highest BCUT2D eigenvalue weighted by molar-refractivity contribution is 6.31. The van der Waals surface area contributed by atoms with Crippen molar-refractivity contribution in [1.82, 2.24) is 4.98 Å². The zero-order chi connectivity index (χ0) is 17.8. The van der Waals surface area contributed by atoms with Crippen LogP contribution in [0.3, 0.4) is 0 Å². The average molecular weight is 360 g/mol. The summed E-state index contributed by atoms with van der Waals surface area (Å²) in [5.41, 5.74) is 2.03. The summed E-state index contributed by atoms with van der Waals surface area (Å²) in [6, 6.07) is 7.00. The van der Waals surface area contributed by atoms with Crippen LogP contribution in [0.2, 0.25) is 5.02 Å². The van der Waals surface area contributed by atoms with Crippen LogP contribution in [0.15, 0.2) is 36.7 Å². The molecule has 6 heteroatoms. The van der Waals surface area contributed by atoms with Crippen LogP contribution in [0.4, 0.5) is 11.4 Å². The van der Waals surface area contributed by atoms with Crippen LogP contribution in [0.5, 0.6) is 5.75 Å². The minimum Gasteiger partial charge on any atom is -0.495 e. The van der Waals surface area contributed by atoms with E-state index in [4.69, 9.17) is 16.3 Å². The van der Waals surface area contributed by atoms with Crippen molar-refractivity contribution in [2.75, 3.05) is 30.4 Å². The zero-order valence-electron chi connectivity index (χ0n) is 14.5. The van der Waals surface area contributed by atoms with Crippen molar-refractivity contribution in [2.24, 2.45) is 5.92 Å². The molecule has 0 bridgehead atoms. The lowest BCUT2D eigenvalue weighted by Gasteiger charge is -2.32. The molecule has 1 N–H and O–H groups in total. The van der Waals surface area contributed by atoms with Gasteiger partial charge in [0.05, 0.1) is 30.2 Å². The summed E-state index contributed by atoms with van der Waals surface area (Å²) < 4.78 is 5.27. The predicted molar refractivity (Wildman–Crippen MR) is 101 cm³/mol. The Hall–Kier alpha value is -2.27. The number of hydrogen-bond donors (Lipinski definition) is 1. The quantitative estimate of drug-likeness (QED) is 0.887. The maximum absolute atomic E-state index is 12.6. The fourth-order valence-electron chi connectivity index (χ4n) is 3.12. The van der Waals surface area contributed by atoms with E-state index in [9.17, 15) is 4.79 Å². The molecule has 1 aromatic carbocycles. The van der Waals surface area contributed by atoms with Gasteiger partial charge in [0.15, 0.2) is 0 Å². The number of nitrogens with one attached hydrogen (secondary N) is 1. The Morgan fingerprint density at radius 2 is 2.20 bits per heavy atom. The second-order valence-electron chi connectivity index (χ2n) is 6.42. The average Bonchev–Trinajstić information content (AvgIpc) is 2.62. The number of anilines is 2. The first-order valence-corrected chi connectivity index (χ1v) is 8.79. The Bertz CT molecular complexity index is 766. The number of aromatic nitrogens is 1. The number of nitrogens with zero attached hydrogens (tertiary/aromatic N) is 2. The number of benzene rings is 1. The number of hydrogen-bond acceptors (Lipinski definition) is 4. The summed E-state index contributed by atoms with van der Waals surface area (Å²) in [6.07, 6.45) is 5.80. The van der Waals surface area contributed by atoms with E-state index in [1.807, 2.05) is 12.3 Å². The molecule has 0 spiro atoms. The second kappa shape index (κ2) is 7.74. The molecule has 1 unspecified atom stereocenters. The number of piperidine rings is 1. The van der Waals surface area contributed by atoms with Crippen LogP contribution < -0.4 is 15.0 Å². The van der Waals surface area contributed by atoms with Gasteiger partial charge in [-0.2, -0.15) is 0 Å². The molecule has 3 rings (SSSR count). The number of amides is 1. The van der Waals surface area contributed by atoms with E-state index in [0.29, 0.717) is 27.9 Å². The molecule has 2 heterocycles. The van der Waals surface area contributed by atoms with Gasteiger partial charge in [-0.15, -0.1) is 0 Å². The van der Waals surface area contributed by atoms with Crippen LogP contribution >= 0.6 is 11.6 Å². The SMILES string of the molecule is COc1ccc(Cl)cc1NC(=O)c1cncc(N2CCCC(C)C2)c1. The Kier molecular flexibility index (Phi) is 5.43. The summed E-state index contributed by atoms with van der Waals surface area (Å²) in [6.45, 7) is 4.25. The van der Waals surface area contributed by atoms with Crippen LogP contribution in [0, 0.1) is 5.92 Å². The van der Waals surface area contributed by atoms with Gasteiger partial charge in [-0.3, -0.25) is 9.78 Å². The van der Waals surface area contributed by atoms with E-state index in [2.05, 4.69) is 22.1 Å². The molecule has 0 aliphatic carbocycles. The Balaban J connectivity index is 1.79. The maximum Gasteiger partial charge on any atom is 0.257 e. The van der Waals surface area contributed by atoms with Crippen molar-refractivity contribution in [2.45, 2.75) is 19.8 Å². The largest absolute Gasteiger partial charge is 0.495 e. The Morgan fingerprint density at radius 3 is 2.96 bits per heavy atom. The smallest absolute Gasteiger partial charge is 0.257 e. The standard InChI is InChI=1S/C19H22ClN3O2/c1-13-4-3-7-23(12-13)16-8-14(10-21-11-16)19(24)22-17-9-15(20)5-6-18(17)25-2/h5-6,8-11,13H,3-4,7,12H2,1-2H3,(H,22,24). The van der Waals surface area contributed by atoms with Crippen molar-refractivity contribution in [3.63, 3.8) is 0 Å². The third-order valence-corrected chi connectivity index (χ3v) is 4.65. The van der Waals surface area contributed by atoms with Gasteiger partial charge in [-0.05, 0) is 43.0 Å². The van der Waals surface area contributed by atoms with Gasteiger partial charge in [0.1, 0.15) is 5.75 Å². The van der Waals surface area contributed by atoms with Gasteiger partial charge < -0.3 is 15.0 Å². The third kappa shape index (κ3) is 4.23. The molecular formula is C19H22ClN3O2. The predicted octanol–water partition coefficient (Wildman–Crippen LogP) is 4.23. The van der Waals surface area contributed by atoms with Crippen molar-refractivity contribution in [1.29, 1.82) is 0 Å². The number of rotatable bonds is 4. The van der Waals surface area contributed by atoms with Gasteiger partial charge in [-0.25, -0.2) is 0 Å². The first kappa shape index (κ1) is 17.5. The lowest BCUT2D eigenvalue weighted by atomic mass is 10.00. The summed E-state index contributed by atoms with van der Waals surface area (Å²) >= 11 is 6.02. The Morgan fingerprint density at radius 1 is 1.36 bits per heavy atom. The van der Waals surface area contributed by atoms with E-state index in [-0.39, 0.29) is 5.91 Å². The van der Waals surface area contributed by atoms with Gasteiger partial charge in [0.2, 0.25) is 0 Å². The van der Waals surface area contributed by atoms with Crippen molar-refractivity contribution >= 4 is 28.9 Å². The minimum absolute atomic E-state index is 0.236. The molecule has 1 aromatic heterocycles. The molecule has 1 saturated heterocycles. The molecule has 132 valence electrons. The number of carbonyl (C=O) groups is 1. The molecule has 2 aromatic rings. The second-order valence-corrected chi connectivity index (χ2v) is 6.86. The topological polar surface area (TPSA) is 54.5 Å². The summed E-state index contributed by atoms with van der Waals surface area (Å²) in [7, 11) is 1.55. The first-order valence-electron chi connectivity index (χ1n) is 8.41. The van der Waals surface area contributed by atoms with Crippen LogP contribution in [0.25, 0.3) is 0 Å². The molecule has 1 fully saturated rings. The van der Waals surface area contributed by atoms with Crippen LogP contribution in [0.1, 0.15) is 30.1 Å². The fraction of sp³-hybridized carbons (Fsp3) is 0.368. The van der Waals surface area contributed by atoms with Crippen LogP contribution in [-0.4, -0.2) is 31.1 Å². The molecule has 5 nitrogen and oxygen atoms in total. The minimum atomic E-state index is -0.236. The zero-order valence-corrected chi connectivity index (χ0v) is 15.2. The summed E-state index contributed by atoms with van der Waals surface area (Å²) in [5, 5.41) is 3.38. The highest BCUT2D eigenvalue weighted by Crippen LogP contribution is 2.28. The number of carbonyl (C=O) groups excluding carboxylic acids is 1. The highest BCUT2D eigenvalue weighted by Gasteiger charge is 2.18. The van der Waals surface area contributed by atoms with Gasteiger partial charge in [0.25, 0.3) is 5.91 Å². The van der Waals surface area contributed by atoms with Crippen LogP contribution in [-0.2, 0) is 0 Å². The molecular weight excluding hydrogens is 338 g/mol.